The lowest BCUT2D eigenvalue weighted by atomic mass is 9.70. The normalized spacial score (nSPS) is 21.4. The van der Waals surface area contributed by atoms with Crippen LogP contribution in [0.3, 0.4) is 0 Å². The molecule has 1 spiro atoms. The maximum atomic E-state index is 12.5. The molecule has 9 nitrogen and oxygen atoms in total. The molecule has 2 fully saturated rings. The van der Waals surface area contributed by atoms with Crippen molar-refractivity contribution in [2.45, 2.75) is 104 Å². The fraction of sp³-hybridized carbons (Fsp3) is 0.594. The van der Waals surface area contributed by atoms with Gasteiger partial charge < -0.3 is 20.0 Å². The molecule has 5 rings (SSSR count). The molecular formula is C32H47N7O2. The third kappa shape index (κ3) is 6.74. The number of aromatic nitrogens is 4. The van der Waals surface area contributed by atoms with Crippen LogP contribution >= 0.6 is 0 Å². The van der Waals surface area contributed by atoms with Crippen molar-refractivity contribution in [2.24, 2.45) is 5.41 Å². The molecule has 0 bridgehead atoms. The Labute approximate surface area is 244 Å². The number of imidazole rings is 2. The van der Waals surface area contributed by atoms with Crippen LogP contribution in [-0.4, -0.2) is 76.9 Å². The maximum Gasteiger partial charge on any atom is 0.320 e. The Morgan fingerprint density at radius 3 is 2.05 bits per heavy atom. The first-order valence-electron chi connectivity index (χ1n) is 15.4. The lowest BCUT2D eigenvalue weighted by Gasteiger charge is -2.46. The molecule has 3 N–H and O–H groups in total. The number of rotatable bonds is 13. The summed E-state index contributed by atoms with van der Waals surface area (Å²) in [4.78, 5) is 35.0. The van der Waals surface area contributed by atoms with Crippen molar-refractivity contribution >= 4 is 5.97 Å². The minimum Gasteiger partial charge on any atom is -0.480 e. The van der Waals surface area contributed by atoms with Gasteiger partial charge in [0.25, 0.3) is 0 Å². The van der Waals surface area contributed by atoms with E-state index in [0.717, 1.165) is 57.0 Å². The molecule has 0 aliphatic carbocycles. The molecule has 41 heavy (non-hydrogen) atoms. The summed E-state index contributed by atoms with van der Waals surface area (Å²) in [6.07, 6.45) is 13.6. The van der Waals surface area contributed by atoms with E-state index in [9.17, 15) is 9.90 Å². The Morgan fingerprint density at radius 1 is 0.976 bits per heavy atom. The van der Waals surface area contributed by atoms with E-state index < -0.39 is 12.0 Å². The van der Waals surface area contributed by atoms with Crippen LogP contribution in [-0.2, 0) is 31.0 Å². The monoisotopic (exact) mass is 561 g/mol. The third-order valence-corrected chi connectivity index (χ3v) is 9.68. The number of piperidine rings is 1. The van der Waals surface area contributed by atoms with Gasteiger partial charge in [0, 0.05) is 50.0 Å². The number of carboxylic acids is 1. The zero-order valence-corrected chi connectivity index (χ0v) is 24.9. The molecule has 0 amide bonds. The number of carbonyl (C=O) groups is 1. The average Bonchev–Trinajstić information content (AvgIpc) is 3.74. The van der Waals surface area contributed by atoms with E-state index >= 15 is 0 Å². The van der Waals surface area contributed by atoms with Crippen molar-refractivity contribution in [1.82, 2.24) is 34.6 Å². The highest BCUT2D eigenvalue weighted by atomic mass is 16.4. The van der Waals surface area contributed by atoms with Gasteiger partial charge in [-0.15, -0.1) is 0 Å². The van der Waals surface area contributed by atoms with Crippen LogP contribution < -0.4 is 0 Å². The zero-order valence-electron chi connectivity index (χ0n) is 24.9. The number of aromatic amines is 2. The number of likely N-dealkylation sites (tertiary alicyclic amines) is 2. The van der Waals surface area contributed by atoms with Gasteiger partial charge in [-0.2, -0.15) is 0 Å². The van der Waals surface area contributed by atoms with E-state index in [4.69, 9.17) is 0 Å². The van der Waals surface area contributed by atoms with E-state index in [1.807, 2.05) is 12.4 Å². The molecule has 3 aromatic rings. The first kappa shape index (κ1) is 29.5. The topological polar surface area (TPSA) is 104 Å². The van der Waals surface area contributed by atoms with Gasteiger partial charge in [-0.1, -0.05) is 45.0 Å². The van der Waals surface area contributed by atoms with E-state index in [2.05, 4.69) is 79.7 Å². The minimum absolute atomic E-state index is 0.0957. The molecule has 2 saturated heterocycles. The van der Waals surface area contributed by atoms with Crippen molar-refractivity contribution in [3.8, 4) is 0 Å². The van der Waals surface area contributed by atoms with Gasteiger partial charge in [-0.05, 0) is 68.2 Å². The fourth-order valence-electron chi connectivity index (χ4n) is 7.58. The number of H-pyrrole nitrogens is 2. The quantitative estimate of drug-likeness (QED) is 0.268. The van der Waals surface area contributed by atoms with Gasteiger partial charge >= 0.3 is 5.97 Å². The molecule has 1 aromatic carbocycles. The molecule has 9 heteroatoms. The van der Waals surface area contributed by atoms with E-state index in [0.29, 0.717) is 31.7 Å². The number of nitrogens with zero attached hydrogens (tertiary/aromatic N) is 5. The minimum atomic E-state index is -0.675. The van der Waals surface area contributed by atoms with Crippen LogP contribution in [0, 0.1) is 5.41 Å². The second kappa shape index (κ2) is 13.3. The lowest BCUT2D eigenvalue weighted by molar-refractivity contribution is -0.142. The standard InChI is InChI=1S/C32H47N7O2/c1-4-26(5-2)38-17-11-32(12-18-38)19-27(31(40)41)39(28(32)6-3)21-25-9-7-24(8-10-25)20-37(22-29-33-13-14-34-29)23-30-35-15-16-36-30/h7-10,13-16,26-28H,4-6,11-12,17-23H2,1-3H3,(H,33,34)(H,35,36)(H,40,41)/t27-,28?/m0/s1. The van der Waals surface area contributed by atoms with Gasteiger partial charge in [0.1, 0.15) is 17.7 Å². The molecule has 2 aromatic heterocycles. The molecule has 2 aliphatic rings. The molecule has 0 radical (unpaired) electrons. The smallest absolute Gasteiger partial charge is 0.320 e. The van der Waals surface area contributed by atoms with Crippen molar-refractivity contribution in [1.29, 1.82) is 0 Å². The van der Waals surface area contributed by atoms with Gasteiger partial charge in [-0.25, -0.2) is 9.97 Å². The molecule has 0 saturated carbocycles. The Kier molecular flexibility index (Phi) is 9.57. The van der Waals surface area contributed by atoms with Crippen LogP contribution in [0.5, 0.6) is 0 Å². The summed E-state index contributed by atoms with van der Waals surface area (Å²) in [6.45, 7) is 11.8. The van der Waals surface area contributed by atoms with Gasteiger partial charge in [0.15, 0.2) is 0 Å². The fourth-order valence-corrected chi connectivity index (χ4v) is 7.58. The average molecular weight is 562 g/mol. The molecule has 222 valence electrons. The van der Waals surface area contributed by atoms with Crippen molar-refractivity contribution in [3.05, 3.63) is 71.8 Å². The highest BCUT2D eigenvalue weighted by molar-refractivity contribution is 5.74. The third-order valence-electron chi connectivity index (χ3n) is 9.68. The maximum absolute atomic E-state index is 12.5. The van der Waals surface area contributed by atoms with Gasteiger partial charge in [0.05, 0.1) is 13.1 Å². The van der Waals surface area contributed by atoms with Crippen LogP contribution in [0.2, 0.25) is 0 Å². The Hall–Kier alpha value is -3.01. The summed E-state index contributed by atoms with van der Waals surface area (Å²) < 4.78 is 0. The number of nitrogens with one attached hydrogen (secondary N) is 2. The predicted molar refractivity (Wildman–Crippen MR) is 160 cm³/mol. The summed E-state index contributed by atoms with van der Waals surface area (Å²) in [5, 5.41) is 10.3. The number of carboxylic acid groups (broad SMARTS) is 1. The van der Waals surface area contributed by atoms with Crippen molar-refractivity contribution < 1.29 is 9.90 Å². The first-order valence-corrected chi connectivity index (χ1v) is 15.4. The largest absolute Gasteiger partial charge is 0.480 e. The Morgan fingerprint density at radius 2 is 1.56 bits per heavy atom. The highest BCUT2D eigenvalue weighted by Crippen LogP contribution is 2.50. The number of hydrogen-bond acceptors (Lipinski definition) is 6. The highest BCUT2D eigenvalue weighted by Gasteiger charge is 2.54. The predicted octanol–water partition coefficient (Wildman–Crippen LogP) is 5.04. The van der Waals surface area contributed by atoms with Crippen molar-refractivity contribution in [3.63, 3.8) is 0 Å². The number of benzene rings is 1. The van der Waals surface area contributed by atoms with Crippen LogP contribution in [0.4, 0.5) is 0 Å². The van der Waals surface area contributed by atoms with E-state index in [-0.39, 0.29) is 5.41 Å². The van der Waals surface area contributed by atoms with E-state index in [1.165, 1.54) is 24.0 Å². The molecule has 2 atom stereocenters. The second-order valence-corrected chi connectivity index (χ2v) is 12.1. The second-order valence-electron chi connectivity index (χ2n) is 12.1. The summed E-state index contributed by atoms with van der Waals surface area (Å²) >= 11 is 0. The van der Waals surface area contributed by atoms with Gasteiger partial charge in [-0.3, -0.25) is 14.6 Å². The Bertz CT molecular complexity index is 1160. The summed E-state index contributed by atoms with van der Waals surface area (Å²) in [6, 6.07) is 9.25. The molecular weight excluding hydrogens is 514 g/mol. The van der Waals surface area contributed by atoms with Crippen LogP contribution in [0.15, 0.2) is 49.1 Å². The summed E-state index contributed by atoms with van der Waals surface area (Å²) in [5.74, 6) is 1.17. The van der Waals surface area contributed by atoms with Crippen LogP contribution in [0.25, 0.3) is 0 Å². The first-order chi connectivity index (χ1) is 19.9. The molecule has 2 aliphatic heterocycles. The molecule has 1 unspecified atom stereocenters. The lowest BCUT2D eigenvalue weighted by Crippen LogP contribution is -2.49. The zero-order chi connectivity index (χ0) is 28.8. The Balaban J connectivity index is 1.27. The summed E-state index contributed by atoms with van der Waals surface area (Å²) in [7, 11) is 0. The van der Waals surface area contributed by atoms with Gasteiger partial charge in [0.2, 0.25) is 0 Å². The number of aliphatic carboxylic acids is 1. The molecule has 4 heterocycles. The SMILES string of the molecule is CCC(CC)N1CCC2(CC1)C[C@@H](C(=O)O)N(Cc1ccc(CN(Cc3ncc[nH]3)Cc3ncc[nH]3)cc1)C2CC. The van der Waals surface area contributed by atoms with Crippen molar-refractivity contribution in [2.75, 3.05) is 13.1 Å². The number of hydrogen-bond donors (Lipinski definition) is 3. The van der Waals surface area contributed by atoms with E-state index in [1.54, 1.807) is 12.4 Å². The summed E-state index contributed by atoms with van der Waals surface area (Å²) in [5.41, 5.74) is 2.48. The van der Waals surface area contributed by atoms with Crippen LogP contribution in [0.1, 0.15) is 82.1 Å².